The predicted octanol–water partition coefficient (Wildman–Crippen LogP) is 1.66. The van der Waals surface area contributed by atoms with Crippen LogP contribution < -0.4 is 0 Å². The summed E-state index contributed by atoms with van der Waals surface area (Å²) in [5, 5.41) is 0. The number of nitrogens with zero attached hydrogens (tertiary/aromatic N) is 1. The van der Waals surface area contributed by atoms with Gasteiger partial charge in [0.15, 0.2) is 0 Å². The van der Waals surface area contributed by atoms with Gasteiger partial charge in [-0.05, 0) is 6.92 Å². The summed E-state index contributed by atoms with van der Waals surface area (Å²) >= 11 is 0. The maximum Gasteiger partial charge on any atom is 0.114 e. The minimum Gasteiger partial charge on any atom is -0.573 e. The molecule has 1 aliphatic rings. The molecule has 1 aliphatic heterocycles. The lowest BCUT2D eigenvalue weighted by molar-refractivity contribution is -0.689. The van der Waals surface area contributed by atoms with E-state index >= 15 is 0 Å². The van der Waals surface area contributed by atoms with Crippen molar-refractivity contribution in [2.75, 3.05) is 13.1 Å². The van der Waals surface area contributed by atoms with Crippen LogP contribution in [0.5, 0.6) is 0 Å². The lowest BCUT2D eigenvalue weighted by atomic mass is 10.1. The molecule has 2 rings (SSSR count). The second-order valence-corrected chi connectivity index (χ2v) is 3.32. The van der Waals surface area contributed by atoms with Gasteiger partial charge in [0.1, 0.15) is 6.04 Å². The summed E-state index contributed by atoms with van der Waals surface area (Å²) in [5.41, 5.74) is 1.19. The van der Waals surface area contributed by atoms with Gasteiger partial charge in [-0.1, -0.05) is 30.3 Å². The Morgan fingerprint density at radius 3 is 2.75 bits per heavy atom. The van der Waals surface area contributed by atoms with Gasteiger partial charge in [0.05, 0.1) is 7.89 Å². The van der Waals surface area contributed by atoms with E-state index in [9.17, 15) is 0 Å². The normalized spacial score (nSPS) is 40.7. The first-order valence-corrected chi connectivity index (χ1v) is 4.33. The van der Waals surface area contributed by atoms with Gasteiger partial charge in [0, 0.05) is 12.1 Å². The Morgan fingerprint density at radius 2 is 2.25 bits per heavy atom. The number of quaternary nitrogens is 1. The van der Waals surface area contributed by atoms with Crippen LogP contribution in [0.3, 0.4) is 0 Å². The van der Waals surface area contributed by atoms with E-state index in [0.717, 1.165) is 6.54 Å². The van der Waals surface area contributed by atoms with Crippen LogP contribution in [0.2, 0.25) is 0 Å². The summed E-state index contributed by atoms with van der Waals surface area (Å²) in [6.45, 7) is 2.69. The molecule has 0 bridgehead atoms. The highest BCUT2D eigenvalue weighted by molar-refractivity contribution is 5.98. The van der Waals surface area contributed by atoms with Crippen LogP contribution in [0, 0.1) is 0 Å². The third-order valence-corrected chi connectivity index (χ3v) is 2.54. The van der Waals surface area contributed by atoms with Crippen molar-refractivity contribution in [3.05, 3.63) is 35.9 Å². The lowest BCUT2D eigenvalue weighted by Gasteiger charge is -2.27. The quantitative estimate of drug-likeness (QED) is 0.454. The summed E-state index contributed by atoms with van der Waals surface area (Å²) in [6, 6.07) is 10.3. The standard InChI is InChI=1S/C10H13BN/c1-2-12(11)8-10(12)9-6-4-3-5-7-9/h3-7,10H,2,8H2,1H3/t10-,12-/m1/s1/i8D/t8?,10-,12-. The molecule has 0 spiro atoms. The molecule has 1 unspecified atom stereocenters. The van der Waals surface area contributed by atoms with Crippen molar-refractivity contribution >= 4 is 7.98 Å². The van der Waals surface area contributed by atoms with Crippen LogP contribution >= 0.6 is 0 Å². The fraction of sp³-hybridized carbons (Fsp3) is 0.400. The van der Waals surface area contributed by atoms with Crippen LogP contribution in [0.4, 0.5) is 0 Å². The van der Waals surface area contributed by atoms with Crippen molar-refractivity contribution in [1.82, 2.24) is 0 Å². The van der Waals surface area contributed by atoms with Gasteiger partial charge in [-0.25, -0.2) is 7.98 Å². The van der Waals surface area contributed by atoms with Gasteiger partial charge in [-0.3, -0.25) is 0 Å². The summed E-state index contributed by atoms with van der Waals surface area (Å²) in [4.78, 5) is 0. The molecule has 12 heavy (non-hydrogen) atoms. The highest BCUT2D eigenvalue weighted by Crippen LogP contribution is 2.41. The molecule has 2 heteroatoms. The summed E-state index contributed by atoms with van der Waals surface area (Å²) < 4.78 is 8.17. The Hall–Kier alpha value is -0.755. The van der Waals surface area contributed by atoms with Gasteiger partial charge in [-0.2, -0.15) is 0 Å². The Labute approximate surface area is 76.4 Å². The molecule has 0 amide bonds. The molecule has 3 radical (unpaired) electrons. The first-order valence-electron chi connectivity index (χ1n) is 4.91. The summed E-state index contributed by atoms with van der Waals surface area (Å²) in [5.74, 6) is 0. The van der Waals surface area contributed by atoms with Crippen molar-refractivity contribution in [2.45, 2.75) is 13.0 Å². The molecule has 1 aromatic rings. The number of hydrogen-bond donors (Lipinski definition) is 0. The molecule has 0 aromatic heterocycles. The fourth-order valence-electron chi connectivity index (χ4n) is 1.54. The van der Waals surface area contributed by atoms with E-state index < -0.39 is 0 Å². The largest absolute Gasteiger partial charge is 0.573 e. The first kappa shape index (κ1) is 6.73. The zero-order valence-corrected chi connectivity index (χ0v) is 7.27. The predicted molar refractivity (Wildman–Crippen MR) is 50.6 cm³/mol. The molecule has 0 saturated carbocycles. The van der Waals surface area contributed by atoms with Crippen molar-refractivity contribution in [1.29, 1.82) is 0 Å². The average molecular weight is 159 g/mol. The van der Waals surface area contributed by atoms with Crippen LogP contribution in [0.1, 0.15) is 19.9 Å². The highest BCUT2D eigenvalue weighted by atomic mass is 15.4. The average Bonchev–Trinajstić information content (AvgIpc) is 2.72. The smallest absolute Gasteiger partial charge is 0.114 e. The van der Waals surface area contributed by atoms with Gasteiger partial charge in [0.2, 0.25) is 0 Å². The van der Waals surface area contributed by atoms with Crippen LogP contribution in [0.25, 0.3) is 0 Å². The highest BCUT2D eigenvalue weighted by Gasteiger charge is 2.39. The van der Waals surface area contributed by atoms with Gasteiger partial charge in [0.25, 0.3) is 0 Å². The van der Waals surface area contributed by atoms with Crippen LogP contribution in [0.15, 0.2) is 30.3 Å². The lowest BCUT2D eigenvalue weighted by Crippen LogP contribution is -2.21. The van der Waals surface area contributed by atoms with Crippen molar-refractivity contribution in [3.63, 3.8) is 0 Å². The van der Waals surface area contributed by atoms with E-state index in [-0.39, 0.29) is 12.6 Å². The van der Waals surface area contributed by atoms with E-state index in [2.05, 4.69) is 12.1 Å². The van der Waals surface area contributed by atoms with E-state index in [0.29, 0.717) is 4.39 Å². The second kappa shape index (κ2) is 2.63. The number of rotatable bonds is 2. The van der Waals surface area contributed by atoms with E-state index in [1.54, 1.807) is 0 Å². The van der Waals surface area contributed by atoms with E-state index in [1.165, 1.54) is 5.56 Å². The number of benzene rings is 1. The van der Waals surface area contributed by atoms with E-state index in [1.807, 2.05) is 25.1 Å². The minimum absolute atomic E-state index is 0.174. The Bertz CT molecular complexity index is 303. The molecule has 0 N–H and O–H groups in total. The van der Waals surface area contributed by atoms with Gasteiger partial charge < -0.3 is 4.39 Å². The third-order valence-electron chi connectivity index (χ3n) is 2.54. The monoisotopic (exact) mass is 159 g/mol. The molecule has 0 aliphatic carbocycles. The van der Waals surface area contributed by atoms with Crippen molar-refractivity contribution in [3.8, 4) is 0 Å². The molecule has 3 atom stereocenters. The van der Waals surface area contributed by atoms with Gasteiger partial charge in [-0.15, -0.1) is 0 Å². The minimum atomic E-state index is -0.174. The zero-order valence-electron chi connectivity index (χ0n) is 8.27. The zero-order chi connectivity index (χ0) is 9.47. The summed E-state index contributed by atoms with van der Waals surface area (Å²) in [6.07, 6.45) is 0. The SMILES string of the molecule is [2H]C1[C@H](c2ccccc2)[N@@+]1([B-])CC. The first-order chi connectivity index (χ1) is 6.20. The Morgan fingerprint density at radius 1 is 1.58 bits per heavy atom. The molecule has 1 fully saturated rings. The molecule has 1 heterocycles. The topological polar surface area (TPSA) is 0 Å². The molecule has 1 nitrogen and oxygen atoms in total. The second-order valence-electron chi connectivity index (χ2n) is 3.32. The van der Waals surface area contributed by atoms with Crippen molar-refractivity contribution in [2.24, 2.45) is 0 Å². The third kappa shape index (κ3) is 1.16. The molecule has 1 aromatic carbocycles. The maximum absolute atomic E-state index is 7.79. The van der Waals surface area contributed by atoms with Crippen LogP contribution in [-0.4, -0.2) is 25.4 Å². The molecular formula is C10H13BN. The van der Waals surface area contributed by atoms with Gasteiger partial charge >= 0.3 is 0 Å². The number of likely N-dealkylation sites (N-methyl/N-ethyl adjacent to an activating group) is 1. The van der Waals surface area contributed by atoms with Crippen LogP contribution in [-0.2, 0) is 0 Å². The molecular weight excluding hydrogens is 145 g/mol. The molecule has 61 valence electrons. The van der Waals surface area contributed by atoms with Crippen molar-refractivity contribution < 1.29 is 5.76 Å². The summed E-state index contributed by atoms with van der Waals surface area (Å²) in [7, 11) is 6.02. The molecule has 1 saturated heterocycles. The Balaban J connectivity index is 2.23. The maximum atomic E-state index is 7.79. The number of hydrogen-bond acceptors (Lipinski definition) is 0. The fourth-order valence-corrected chi connectivity index (χ4v) is 1.54. The Kier molecular flexibility index (Phi) is 1.47. The van der Waals surface area contributed by atoms with E-state index in [4.69, 9.17) is 9.35 Å².